The second kappa shape index (κ2) is 3.67. The van der Waals surface area contributed by atoms with Crippen LogP contribution in [0.5, 0.6) is 5.75 Å². The van der Waals surface area contributed by atoms with Gasteiger partial charge in [-0.1, -0.05) is 0 Å². The molecular weight excluding hydrogens is 178 g/mol. The van der Waals surface area contributed by atoms with Crippen molar-refractivity contribution >= 4 is 5.52 Å². The lowest BCUT2D eigenvalue weighted by Gasteiger charge is -2.03. The maximum Gasteiger partial charge on any atom is 0.144 e. The van der Waals surface area contributed by atoms with Crippen molar-refractivity contribution in [2.45, 2.75) is 6.42 Å². The van der Waals surface area contributed by atoms with E-state index in [0.29, 0.717) is 6.54 Å². The number of nitrogens with two attached hydrogens (primary N) is 1. The van der Waals surface area contributed by atoms with Crippen LogP contribution in [0.2, 0.25) is 0 Å². The van der Waals surface area contributed by atoms with Gasteiger partial charge in [-0.3, -0.25) is 0 Å². The molecule has 2 rings (SSSR count). The Hall–Kier alpha value is -1.55. The third kappa shape index (κ3) is 1.33. The smallest absolute Gasteiger partial charge is 0.144 e. The van der Waals surface area contributed by atoms with E-state index in [0.717, 1.165) is 23.5 Å². The predicted octanol–water partition coefficient (Wildman–Crippen LogP) is 0.844. The van der Waals surface area contributed by atoms with Crippen LogP contribution >= 0.6 is 0 Å². The Morgan fingerprint density at radius 2 is 2.43 bits per heavy atom. The van der Waals surface area contributed by atoms with E-state index in [2.05, 4.69) is 4.98 Å². The Labute approximate surface area is 82.3 Å². The minimum Gasteiger partial charge on any atom is -0.494 e. The van der Waals surface area contributed by atoms with Crippen LogP contribution in [0.4, 0.5) is 0 Å². The lowest BCUT2D eigenvalue weighted by Crippen LogP contribution is -2.06. The molecule has 0 saturated heterocycles. The molecule has 0 atom stereocenters. The zero-order chi connectivity index (χ0) is 9.97. The van der Waals surface area contributed by atoms with Gasteiger partial charge in [0.15, 0.2) is 0 Å². The summed E-state index contributed by atoms with van der Waals surface area (Å²) in [6.07, 6.45) is 4.56. The molecule has 0 unspecified atom stereocenters. The Balaban J connectivity index is 2.57. The molecule has 0 spiro atoms. The molecule has 4 nitrogen and oxygen atoms in total. The van der Waals surface area contributed by atoms with Gasteiger partial charge in [0.25, 0.3) is 0 Å². The molecule has 2 heterocycles. The number of imidazole rings is 1. The second-order valence-electron chi connectivity index (χ2n) is 3.04. The van der Waals surface area contributed by atoms with Crippen LogP contribution in [0, 0.1) is 0 Å². The number of pyridine rings is 1. The zero-order valence-corrected chi connectivity index (χ0v) is 8.10. The molecule has 2 aromatic rings. The SMILES string of the molecule is COc1cccn2c(CCN)ncc12. The Bertz CT molecular complexity index is 436. The van der Waals surface area contributed by atoms with Crippen molar-refractivity contribution in [2.75, 3.05) is 13.7 Å². The number of hydrogen-bond donors (Lipinski definition) is 1. The first kappa shape index (κ1) is 9.02. The topological polar surface area (TPSA) is 52.5 Å². The number of rotatable bonds is 3. The summed E-state index contributed by atoms with van der Waals surface area (Å²) in [5, 5.41) is 0. The molecule has 0 aliphatic heterocycles. The predicted molar refractivity (Wildman–Crippen MR) is 54.5 cm³/mol. The van der Waals surface area contributed by atoms with Crippen LogP contribution in [-0.4, -0.2) is 23.0 Å². The van der Waals surface area contributed by atoms with Gasteiger partial charge in [0.1, 0.15) is 17.1 Å². The van der Waals surface area contributed by atoms with E-state index in [1.165, 1.54) is 0 Å². The van der Waals surface area contributed by atoms with Crippen molar-refractivity contribution < 1.29 is 4.74 Å². The molecule has 0 bridgehead atoms. The minimum absolute atomic E-state index is 0.607. The lowest BCUT2D eigenvalue weighted by atomic mass is 10.3. The Morgan fingerprint density at radius 1 is 1.57 bits per heavy atom. The fourth-order valence-corrected chi connectivity index (χ4v) is 1.54. The van der Waals surface area contributed by atoms with E-state index in [1.807, 2.05) is 28.9 Å². The van der Waals surface area contributed by atoms with Gasteiger partial charge in [-0.05, 0) is 18.7 Å². The van der Waals surface area contributed by atoms with Gasteiger partial charge in [-0.15, -0.1) is 0 Å². The maximum absolute atomic E-state index is 5.50. The largest absolute Gasteiger partial charge is 0.494 e. The number of nitrogens with zero attached hydrogens (tertiary/aromatic N) is 2. The van der Waals surface area contributed by atoms with E-state index >= 15 is 0 Å². The van der Waals surface area contributed by atoms with Crippen molar-refractivity contribution in [3.63, 3.8) is 0 Å². The highest BCUT2D eigenvalue weighted by Crippen LogP contribution is 2.19. The van der Waals surface area contributed by atoms with E-state index in [-0.39, 0.29) is 0 Å². The first-order chi connectivity index (χ1) is 6.86. The van der Waals surface area contributed by atoms with Gasteiger partial charge >= 0.3 is 0 Å². The Kier molecular flexibility index (Phi) is 2.37. The average Bonchev–Trinajstić information content (AvgIpc) is 2.62. The second-order valence-corrected chi connectivity index (χ2v) is 3.04. The molecule has 14 heavy (non-hydrogen) atoms. The quantitative estimate of drug-likeness (QED) is 0.782. The van der Waals surface area contributed by atoms with Crippen LogP contribution in [-0.2, 0) is 6.42 Å². The molecule has 0 aromatic carbocycles. The molecule has 0 amide bonds. The van der Waals surface area contributed by atoms with Gasteiger partial charge in [0, 0.05) is 12.6 Å². The summed E-state index contributed by atoms with van der Waals surface area (Å²) in [4.78, 5) is 4.30. The third-order valence-electron chi connectivity index (χ3n) is 2.20. The van der Waals surface area contributed by atoms with E-state index in [1.54, 1.807) is 7.11 Å². The molecule has 2 N–H and O–H groups in total. The van der Waals surface area contributed by atoms with E-state index in [9.17, 15) is 0 Å². The summed E-state index contributed by atoms with van der Waals surface area (Å²) in [5.41, 5.74) is 6.48. The fraction of sp³-hybridized carbons (Fsp3) is 0.300. The molecular formula is C10H13N3O. The zero-order valence-electron chi connectivity index (χ0n) is 8.10. The molecule has 0 aliphatic carbocycles. The van der Waals surface area contributed by atoms with Crippen LogP contribution in [0.15, 0.2) is 24.5 Å². The van der Waals surface area contributed by atoms with Gasteiger partial charge < -0.3 is 14.9 Å². The monoisotopic (exact) mass is 191 g/mol. The molecule has 0 aliphatic rings. The first-order valence-electron chi connectivity index (χ1n) is 4.56. The fourth-order valence-electron chi connectivity index (χ4n) is 1.54. The maximum atomic E-state index is 5.50. The number of fused-ring (bicyclic) bond motifs is 1. The van der Waals surface area contributed by atoms with Crippen molar-refractivity contribution in [2.24, 2.45) is 5.73 Å². The average molecular weight is 191 g/mol. The van der Waals surface area contributed by atoms with Gasteiger partial charge in [-0.25, -0.2) is 4.98 Å². The highest BCUT2D eigenvalue weighted by molar-refractivity contribution is 5.59. The summed E-state index contributed by atoms with van der Waals surface area (Å²) < 4.78 is 7.23. The number of hydrogen-bond acceptors (Lipinski definition) is 3. The van der Waals surface area contributed by atoms with Crippen molar-refractivity contribution in [3.05, 3.63) is 30.4 Å². The summed E-state index contributed by atoms with van der Waals surface area (Å²) in [6, 6.07) is 3.86. The molecule has 0 fully saturated rings. The molecule has 0 saturated carbocycles. The van der Waals surface area contributed by atoms with Crippen molar-refractivity contribution in [1.82, 2.24) is 9.38 Å². The van der Waals surface area contributed by atoms with Crippen LogP contribution in [0.1, 0.15) is 5.82 Å². The molecule has 74 valence electrons. The number of methoxy groups -OCH3 is 1. The Morgan fingerprint density at radius 3 is 3.14 bits per heavy atom. The standard InChI is InChI=1S/C10H13N3O/c1-14-9-3-2-6-13-8(9)7-12-10(13)4-5-11/h2-3,6-7H,4-5,11H2,1H3. The number of aromatic nitrogens is 2. The van der Waals surface area contributed by atoms with Gasteiger partial charge in [0.05, 0.1) is 13.3 Å². The summed E-state index contributed by atoms with van der Waals surface area (Å²) in [6.45, 7) is 0.607. The first-order valence-corrected chi connectivity index (χ1v) is 4.56. The minimum atomic E-state index is 0.607. The third-order valence-corrected chi connectivity index (χ3v) is 2.20. The van der Waals surface area contributed by atoms with Gasteiger partial charge in [-0.2, -0.15) is 0 Å². The lowest BCUT2D eigenvalue weighted by molar-refractivity contribution is 0.418. The normalized spacial score (nSPS) is 10.7. The summed E-state index contributed by atoms with van der Waals surface area (Å²) >= 11 is 0. The van der Waals surface area contributed by atoms with E-state index < -0.39 is 0 Å². The highest BCUT2D eigenvalue weighted by Gasteiger charge is 2.05. The molecule has 2 aromatic heterocycles. The summed E-state index contributed by atoms with van der Waals surface area (Å²) in [5.74, 6) is 1.81. The number of ether oxygens (including phenoxy) is 1. The van der Waals surface area contributed by atoms with Crippen molar-refractivity contribution in [1.29, 1.82) is 0 Å². The highest BCUT2D eigenvalue weighted by atomic mass is 16.5. The van der Waals surface area contributed by atoms with Crippen LogP contribution in [0.25, 0.3) is 5.52 Å². The van der Waals surface area contributed by atoms with Crippen molar-refractivity contribution in [3.8, 4) is 5.75 Å². The van der Waals surface area contributed by atoms with Crippen LogP contribution in [0.3, 0.4) is 0 Å². The van der Waals surface area contributed by atoms with Crippen LogP contribution < -0.4 is 10.5 Å². The van der Waals surface area contributed by atoms with E-state index in [4.69, 9.17) is 10.5 Å². The summed E-state index contributed by atoms with van der Waals surface area (Å²) in [7, 11) is 1.66. The molecule has 4 heteroatoms. The molecule has 0 radical (unpaired) electrons. The van der Waals surface area contributed by atoms with Gasteiger partial charge in [0.2, 0.25) is 0 Å².